The quantitative estimate of drug-likeness (QED) is 0.377. The first kappa shape index (κ1) is 1090. The van der Waals surface area contributed by atoms with Gasteiger partial charge in [0.2, 0.25) is 0 Å². The van der Waals surface area contributed by atoms with E-state index in [1.807, 2.05) is 0 Å². The molecule has 0 aromatic carbocycles. The molecule has 0 aromatic rings. The molecule has 0 atom stereocenters. The Kier molecular flexibility index (Phi) is 11600. The van der Waals surface area contributed by atoms with Gasteiger partial charge in [0, 0.05) is 0 Å². The molecule has 1 nitrogen and oxygen atoms in total. The first-order valence-corrected chi connectivity index (χ1v) is 3.10. The summed E-state index contributed by atoms with van der Waals surface area (Å²) in [5.74, 6) is 0. The summed E-state index contributed by atoms with van der Waals surface area (Å²) in [4.78, 5) is 3.69. The summed E-state index contributed by atoms with van der Waals surface area (Å²) < 4.78 is 0. The van der Waals surface area contributed by atoms with Crippen molar-refractivity contribution in [3.05, 3.63) is 4.86 Å². The van der Waals surface area contributed by atoms with E-state index in [1.54, 1.807) is 0 Å². The minimum Gasteiger partial charge on any atom is -0.564 e. The zero-order chi connectivity index (χ0) is 4.12. The van der Waals surface area contributed by atoms with Crippen LogP contribution in [0.3, 0.4) is 0 Å². The molecule has 0 aliphatic heterocycles. The second-order valence-electron chi connectivity index (χ2n) is 0.372. The third-order valence-corrected chi connectivity index (χ3v) is 1.14. The van der Waals surface area contributed by atoms with E-state index < -0.39 is 0 Å². The molecule has 0 heterocycles. The van der Waals surface area contributed by atoms with E-state index in [2.05, 4.69) is 17.5 Å². The van der Waals surface area contributed by atoms with Gasteiger partial charge in [-0.15, -0.1) is 0 Å². The van der Waals surface area contributed by atoms with E-state index in [4.69, 9.17) is 0 Å². The molecule has 0 aliphatic carbocycles. The van der Waals surface area contributed by atoms with Crippen molar-refractivity contribution in [2.24, 2.45) is 0 Å². The predicted molar refractivity (Wildman–Crippen MR) is 31.4 cm³/mol. The van der Waals surface area contributed by atoms with Gasteiger partial charge in [-0.05, 0) is 0 Å². The minimum atomic E-state index is 0. The molecular weight excluding hydrogens is 1170 g/mol. The molecule has 0 spiro atoms. The number of hydrogen-bond acceptors (Lipinski definition) is 0. The van der Waals surface area contributed by atoms with Gasteiger partial charge in [0.25, 0.3) is 0 Å². The van der Waals surface area contributed by atoms with Crippen molar-refractivity contribution in [3.63, 3.8) is 0 Å². The van der Waals surface area contributed by atoms with Crippen molar-refractivity contribution in [2.45, 2.75) is 0 Å². The van der Waals surface area contributed by atoms with Gasteiger partial charge in [0.05, 0.1) is 0 Å². The third kappa shape index (κ3) is 7.87. The summed E-state index contributed by atoms with van der Waals surface area (Å²) in [6, 6.07) is 0. The van der Waals surface area contributed by atoms with E-state index in [9.17, 15) is 0 Å². The van der Waals surface area contributed by atoms with Crippen LogP contribution in [0.2, 0.25) is 0 Å². The van der Waals surface area contributed by atoms with E-state index in [0.29, 0.717) is 0 Å². The van der Waals surface area contributed by atoms with Crippen LogP contribution in [0, 0.1) is 0 Å². The SMILES string of the molecule is C=P[N-]P=C.[Rf].[Rf].[Rf].[Rf]. The van der Waals surface area contributed by atoms with Gasteiger partial charge in [-0.25, -0.2) is 16.7 Å². The minimum absolute atomic E-state index is 0. The van der Waals surface area contributed by atoms with Crippen molar-refractivity contribution >= 4 is 29.3 Å². The Labute approximate surface area is 35.1 Å². The molecule has 36 valence electrons. The van der Waals surface area contributed by atoms with Gasteiger partial charge in [0.15, 0.2) is 0 Å². The zero-order valence-electron chi connectivity index (χ0n) is 5.58. The van der Waals surface area contributed by atoms with Crippen molar-refractivity contribution in [1.82, 2.24) is 0 Å². The molecule has 0 saturated carbocycles. The summed E-state index contributed by atoms with van der Waals surface area (Å²) in [7, 11) is 1.66. The molecule has 9 heavy (non-hydrogen) atoms. The van der Waals surface area contributed by atoms with Crippen LogP contribution in [0.25, 0.3) is 4.86 Å². The maximum absolute atomic E-state index is 3.69. The summed E-state index contributed by atoms with van der Waals surface area (Å²) in [6.45, 7) is 0. The summed E-state index contributed by atoms with van der Waals surface area (Å²) in [5, 5.41) is 0. The Morgan fingerprint density at radius 2 is 1.00 bits per heavy atom. The van der Waals surface area contributed by atoms with Crippen LogP contribution in [0.5, 0.6) is 0 Å². The Morgan fingerprint density at radius 1 is 0.778 bits per heavy atom. The van der Waals surface area contributed by atoms with Gasteiger partial charge in [-0.3, -0.25) is 0 Å². The predicted octanol–water partition coefficient (Wildman–Crippen LogP) is 1.95. The fourth-order valence-electron chi connectivity index (χ4n) is 0.0447. The molecule has 0 saturated heterocycles. The second kappa shape index (κ2) is 95.6. The molecule has 0 radical (unpaired) electrons. The number of rotatable bonds is 2. The van der Waals surface area contributed by atoms with Crippen LogP contribution < -0.4 is 0 Å². The van der Waals surface area contributed by atoms with E-state index >= 15 is 0 Å². The molecule has 0 amide bonds. The van der Waals surface area contributed by atoms with Crippen molar-refractivity contribution in [2.75, 3.05) is 0 Å². The van der Waals surface area contributed by atoms with Crippen LogP contribution in [-0.2, 0) is 0 Å². The molecule has 0 bridgehead atoms. The number of nitrogens with zero attached hydrogens (tertiary/aromatic N) is 1. The van der Waals surface area contributed by atoms with Crippen LogP contribution in [0.15, 0.2) is 0 Å². The second-order valence-corrected chi connectivity index (χ2v) is 1.65. The zero-order valence-corrected chi connectivity index (χ0v) is 33.0. The molecule has 0 aliphatic rings. The van der Waals surface area contributed by atoms with Crippen LogP contribution in [0.4, 0.5) is 0 Å². The summed E-state index contributed by atoms with van der Waals surface area (Å²) >= 11 is 0. The van der Waals surface area contributed by atoms with Crippen LogP contribution in [0.1, 0.15) is 0 Å². The first-order valence-electron chi connectivity index (χ1n) is 1.03. The van der Waals surface area contributed by atoms with Crippen molar-refractivity contribution < 1.29 is 0 Å². The maximum atomic E-state index is 3.69. The molecule has 0 aromatic heterocycles. The fraction of sp³-hybridized carbons (Fsp3) is 0. The molecule has 7 heteroatoms. The molecule has 0 unspecified atom stereocenters. The summed E-state index contributed by atoms with van der Waals surface area (Å²) in [6.07, 6.45) is 6.87. The number of hydrogen-bond donors (Lipinski definition) is 0. The Morgan fingerprint density at radius 3 is 1.00 bits per heavy atom. The molecular formula is C2H4NP2Rf4-. The van der Waals surface area contributed by atoms with Crippen molar-refractivity contribution in [1.29, 1.82) is 0 Å². The fourth-order valence-corrected chi connectivity index (χ4v) is 0.402. The van der Waals surface area contributed by atoms with Crippen LogP contribution >= 0.6 is 16.7 Å². The van der Waals surface area contributed by atoms with Crippen molar-refractivity contribution in [3.8, 4) is 0 Å². The van der Waals surface area contributed by atoms with E-state index in [1.165, 1.54) is 0 Å². The standard InChI is InChI=1S/C2H4NP2.4Rf/c1-4-3-5-2;;;;/h1-2H2;;;;/q-1;;;;. The first-order chi connectivity index (χ1) is 2.41. The van der Waals surface area contributed by atoms with E-state index in [0.717, 1.165) is 16.7 Å². The molecule has 0 rings (SSSR count). The van der Waals surface area contributed by atoms with Gasteiger partial charge in [-0.1, -0.05) is 12.6 Å². The monoisotopic (exact) mass is 1170 g/mol. The van der Waals surface area contributed by atoms with Gasteiger partial charge < -0.3 is 4.86 Å². The van der Waals surface area contributed by atoms with Gasteiger partial charge >= 0.3 is 0 Å². The normalized spacial score (nSPS) is 5.33. The molecule has 0 N–H and O–H groups in total. The van der Waals surface area contributed by atoms with Gasteiger partial charge in [-0.2, -0.15) is 0 Å². The topological polar surface area (TPSA) is 14.1 Å². The summed E-state index contributed by atoms with van der Waals surface area (Å²) in [5.41, 5.74) is 0. The smallest absolute Gasteiger partial charge is 0 e. The Hall–Kier alpha value is -3.70. The Bertz CT molecular complexity index is 45.8. The van der Waals surface area contributed by atoms with E-state index in [-0.39, 0.29) is 0 Å². The largest absolute Gasteiger partial charge is 0.564 e. The average molecular weight is 1170 g/mol. The van der Waals surface area contributed by atoms with Gasteiger partial charge in [0.1, 0.15) is 0 Å². The Balaban J connectivity index is -0.0000000133. The molecule has 0 fully saturated rings. The van der Waals surface area contributed by atoms with Crippen LogP contribution in [-0.4, -0.2) is 12.6 Å². The third-order valence-electron chi connectivity index (χ3n) is 0.126. The maximum Gasteiger partial charge on any atom is 0 e. The average Bonchev–Trinajstić information content (AvgIpc) is 1.41.